The third kappa shape index (κ3) is 3.87. The minimum absolute atomic E-state index is 0.656. The van der Waals surface area contributed by atoms with Gasteiger partial charge in [-0.3, -0.25) is 4.68 Å². The van der Waals surface area contributed by atoms with Gasteiger partial charge in [-0.05, 0) is 12.8 Å². The normalized spacial score (nSPS) is 13.0. The second-order valence-electron chi connectivity index (χ2n) is 3.51. The van der Waals surface area contributed by atoms with Crippen molar-refractivity contribution in [2.24, 2.45) is 0 Å². The molecule has 80 valence electrons. The zero-order valence-electron chi connectivity index (χ0n) is 9.11. The summed E-state index contributed by atoms with van der Waals surface area (Å²) in [5, 5.41) is 11.2. The molecule has 0 saturated heterocycles. The van der Waals surface area contributed by atoms with Gasteiger partial charge in [0.15, 0.2) is 0 Å². The second-order valence-corrected chi connectivity index (χ2v) is 3.51. The molecule has 1 rings (SSSR count). The molecule has 0 aromatic carbocycles. The van der Waals surface area contributed by atoms with Gasteiger partial charge >= 0.3 is 0 Å². The van der Waals surface area contributed by atoms with E-state index in [1.54, 1.807) is 6.20 Å². The summed E-state index contributed by atoms with van der Waals surface area (Å²) in [5.41, 5.74) is 0. The Morgan fingerprint density at radius 3 is 2.86 bits per heavy atom. The first-order chi connectivity index (χ1) is 6.86. The summed E-state index contributed by atoms with van der Waals surface area (Å²) in [7, 11) is 0. The lowest BCUT2D eigenvalue weighted by Crippen LogP contribution is -2.31. The van der Waals surface area contributed by atoms with Gasteiger partial charge in [0.2, 0.25) is 0 Å². The van der Waals surface area contributed by atoms with Crippen LogP contribution in [0.4, 0.5) is 0 Å². The summed E-state index contributed by atoms with van der Waals surface area (Å²) in [4.78, 5) is 0. The van der Waals surface area contributed by atoms with Crippen molar-refractivity contribution in [3.05, 3.63) is 12.4 Å². The molecule has 14 heavy (non-hydrogen) atoms. The van der Waals surface area contributed by atoms with Crippen LogP contribution < -0.4 is 5.32 Å². The minimum Gasteiger partial charge on any atom is -0.312 e. The van der Waals surface area contributed by atoms with Crippen LogP contribution in [-0.2, 0) is 6.54 Å². The van der Waals surface area contributed by atoms with Crippen LogP contribution in [0.25, 0.3) is 0 Å². The smallest absolute Gasteiger partial charge is 0.0692 e. The maximum absolute atomic E-state index is 3.91. The molecule has 0 radical (unpaired) electrons. The van der Waals surface area contributed by atoms with Gasteiger partial charge < -0.3 is 5.32 Å². The Morgan fingerprint density at radius 1 is 1.43 bits per heavy atom. The molecule has 0 fully saturated rings. The number of nitrogens with one attached hydrogen (secondary N) is 1. The molecule has 1 N–H and O–H groups in total. The topological polar surface area (TPSA) is 42.7 Å². The van der Waals surface area contributed by atoms with Crippen molar-refractivity contribution in [3.8, 4) is 0 Å². The van der Waals surface area contributed by atoms with Gasteiger partial charge in [-0.2, -0.15) is 0 Å². The van der Waals surface area contributed by atoms with Crippen molar-refractivity contribution in [2.75, 3.05) is 6.54 Å². The number of nitrogens with zero attached hydrogens (tertiary/aromatic N) is 3. The fraction of sp³-hybridized carbons (Fsp3) is 0.800. The van der Waals surface area contributed by atoms with Crippen LogP contribution in [-0.4, -0.2) is 27.6 Å². The van der Waals surface area contributed by atoms with E-state index in [2.05, 4.69) is 29.5 Å². The summed E-state index contributed by atoms with van der Waals surface area (Å²) < 4.78 is 1.85. The van der Waals surface area contributed by atoms with E-state index in [1.165, 1.54) is 19.3 Å². The molecule has 4 heteroatoms. The van der Waals surface area contributed by atoms with Crippen molar-refractivity contribution in [1.82, 2.24) is 20.3 Å². The second kappa shape index (κ2) is 6.54. The molecule has 4 nitrogen and oxygen atoms in total. The summed E-state index contributed by atoms with van der Waals surface area (Å²) in [5.74, 6) is 0. The molecule has 0 aliphatic heterocycles. The first-order valence-electron chi connectivity index (χ1n) is 5.44. The number of hydrogen-bond acceptors (Lipinski definition) is 3. The number of hydrogen-bond donors (Lipinski definition) is 1. The molecule has 1 aromatic heterocycles. The third-order valence-electron chi connectivity index (χ3n) is 2.38. The number of rotatable bonds is 7. The van der Waals surface area contributed by atoms with Crippen LogP contribution >= 0.6 is 0 Å². The molecular weight excluding hydrogens is 176 g/mol. The summed E-state index contributed by atoms with van der Waals surface area (Å²) in [6, 6.07) is 0.656. The van der Waals surface area contributed by atoms with Crippen LogP contribution in [0.5, 0.6) is 0 Å². The molecule has 0 amide bonds. The van der Waals surface area contributed by atoms with Crippen LogP contribution in [0, 0.1) is 0 Å². The molecule has 0 bridgehead atoms. The molecule has 0 aliphatic carbocycles. The molecule has 0 spiro atoms. The van der Waals surface area contributed by atoms with E-state index in [1.807, 2.05) is 10.9 Å². The van der Waals surface area contributed by atoms with Gasteiger partial charge in [0.05, 0.1) is 12.7 Å². The molecular formula is C10H20N4. The fourth-order valence-corrected chi connectivity index (χ4v) is 1.53. The van der Waals surface area contributed by atoms with E-state index in [9.17, 15) is 0 Å². The molecule has 1 unspecified atom stereocenters. The molecule has 1 atom stereocenters. The third-order valence-corrected chi connectivity index (χ3v) is 2.38. The van der Waals surface area contributed by atoms with Crippen molar-refractivity contribution >= 4 is 0 Å². The molecule has 1 aromatic rings. The van der Waals surface area contributed by atoms with Crippen LogP contribution in [0.15, 0.2) is 12.4 Å². The van der Waals surface area contributed by atoms with E-state index >= 15 is 0 Å². The number of aromatic nitrogens is 3. The van der Waals surface area contributed by atoms with Crippen molar-refractivity contribution in [2.45, 2.75) is 45.7 Å². The van der Waals surface area contributed by atoms with Crippen molar-refractivity contribution in [1.29, 1.82) is 0 Å². The lowest BCUT2D eigenvalue weighted by atomic mass is 10.1. The largest absolute Gasteiger partial charge is 0.312 e. The van der Waals surface area contributed by atoms with Gasteiger partial charge in [0, 0.05) is 18.8 Å². The zero-order valence-corrected chi connectivity index (χ0v) is 9.11. The lowest BCUT2D eigenvalue weighted by Gasteiger charge is -2.15. The van der Waals surface area contributed by atoms with Crippen molar-refractivity contribution < 1.29 is 0 Å². The minimum atomic E-state index is 0.656. The highest BCUT2D eigenvalue weighted by molar-refractivity contribution is 4.67. The maximum Gasteiger partial charge on any atom is 0.0692 e. The first kappa shape index (κ1) is 11.2. The SMILES string of the molecule is CCCC(CC)NCCn1ccnn1. The van der Waals surface area contributed by atoms with E-state index in [4.69, 9.17) is 0 Å². The average molecular weight is 196 g/mol. The molecule has 1 heterocycles. The van der Waals surface area contributed by atoms with Crippen molar-refractivity contribution in [3.63, 3.8) is 0 Å². The fourth-order valence-electron chi connectivity index (χ4n) is 1.53. The summed E-state index contributed by atoms with van der Waals surface area (Å²) in [6.45, 7) is 6.33. The average Bonchev–Trinajstić information content (AvgIpc) is 2.69. The van der Waals surface area contributed by atoms with E-state index in [-0.39, 0.29) is 0 Å². The highest BCUT2D eigenvalue weighted by atomic mass is 15.4. The van der Waals surface area contributed by atoms with Gasteiger partial charge in [0.1, 0.15) is 0 Å². The van der Waals surface area contributed by atoms with E-state index in [0.29, 0.717) is 6.04 Å². The standard InChI is InChI=1S/C10H20N4/c1-3-5-10(4-2)11-6-8-14-9-7-12-13-14/h7,9-11H,3-6,8H2,1-2H3. The Hall–Kier alpha value is -0.900. The Bertz CT molecular complexity index is 220. The van der Waals surface area contributed by atoms with Crippen LogP contribution in [0.3, 0.4) is 0 Å². The highest BCUT2D eigenvalue weighted by Gasteiger charge is 2.02. The Kier molecular flexibility index (Phi) is 5.22. The van der Waals surface area contributed by atoms with Gasteiger partial charge in [-0.1, -0.05) is 25.5 Å². The summed E-state index contributed by atoms with van der Waals surface area (Å²) in [6.07, 6.45) is 7.31. The zero-order chi connectivity index (χ0) is 10.2. The Labute approximate surface area is 85.7 Å². The van der Waals surface area contributed by atoms with Gasteiger partial charge in [-0.25, -0.2) is 0 Å². The van der Waals surface area contributed by atoms with Gasteiger partial charge in [0.25, 0.3) is 0 Å². The highest BCUT2D eigenvalue weighted by Crippen LogP contribution is 2.00. The molecule has 0 saturated carbocycles. The predicted molar refractivity (Wildman–Crippen MR) is 57.0 cm³/mol. The predicted octanol–water partition coefficient (Wildman–Crippen LogP) is 1.45. The van der Waals surface area contributed by atoms with E-state index in [0.717, 1.165) is 13.1 Å². The quantitative estimate of drug-likeness (QED) is 0.717. The van der Waals surface area contributed by atoms with Crippen LogP contribution in [0.1, 0.15) is 33.1 Å². The van der Waals surface area contributed by atoms with Gasteiger partial charge in [-0.15, -0.1) is 5.10 Å². The maximum atomic E-state index is 3.91. The molecule has 0 aliphatic rings. The lowest BCUT2D eigenvalue weighted by molar-refractivity contribution is 0.436. The Balaban J connectivity index is 2.13. The first-order valence-corrected chi connectivity index (χ1v) is 5.44. The summed E-state index contributed by atoms with van der Waals surface area (Å²) >= 11 is 0. The monoisotopic (exact) mass is 196 g/mol. The van der Waals surface area contributed by atoms with E-state index < -0.39 is 0 Å². The van der Waals surface area contributed by atoms with Crippen LogP contribution in [0.2, 0.25) is 0 Å². The Morgan fingerprint density at radius 2 is 2.29 bits per heavy atom.